The van der Waals surface area contributed by atoms with E-state index >= 15 is 0 Å². The fourth-order valence-corrected chi connectivity index (χ4v) is 2.65. The van der Waals surface area contributed by atoms with E-state index in [0.29, 0.717) is 10.7 Å². The second-order valence-corrected chi connectivity index (χ2v) is 5.56. The average Bonchev–Trinajstić information content (AvgIpc) is 2.66. The van der Waals surface area contributed by atoms with Gasteiger partial charge in [0, 0.05) is 23.1 Å². The van der Waals surface area contributed by atoms with E-state index in [1.165, 1.54) is 4.90 Å². The van der Waals surface area contributed by atoms with Gasteiger partial charge in [0.1, 0.15) is 0 Å². The Labute approximate surface area is 118 Å². The molecule has 6 heteroatoms. The van der Waals surface area contributed by atoms with Crippen molar-refractivity contribution in [1.82, 2.24) is 0 Å². The molecule has 1 aromatic carbocycles. The van der Waals surface area contributed by atoms with Gasteiger partial charge in [-0.1, -0.05) is 11.6 Å². The first-order valence-corrected chi connectivity index (χ1v) is 6.56. The summed E-state index contributed by atoms with van der Waals surface area (Å²) in [5.41, 5.74) is 1.56. The minimum absolute atomic E-state index is 0.0441. The number of carboxylic acid groups (broad SMARTS) is 1. The van der Waals surface area contributed by atoms with E-state index in [-0.39, 0.29) is 18.9 Å². The number of carboxylic acids is 1. The predicted molar refractivity (Wildman–Crippen MR) is 72.0 cm³/mol. The lowest BCUT2D eigenvalue weighted by atomic mass is 10.1. The summed E-state index contributed by atoms with van der Waals surface area (Å²) in [6.07, 6.45) is 0.0441. The van der Waals surface area contributed by atoms with Crippen LogP contribution in [-0.2, 0) is 9.59 Å². The van der Waals surface area contributed by atoms with Gasteiger partial charge in [0.05, 0.1) is 10.9 Å². The Hall–Kier alpha value is -1.07. The van der Waals surface area contributed by atoms with Crippen LogP contribution in [0.25, 0.3) is 0 Å². The van der Waals surface area contributed by atoms with Crippen LogP contribution in [-0.4, -0.2) is 23.5 Å². The third-order valence-corrected chi connectivity index (χ3v) is 4.20. The molecule has 0 radical (unpaired) electrons. The Bertz CT molecular complexity index is 532. The molecule has 1 unspecified atom stereocenters. The molecular formula is C12H11BrClNO3. The fraction of sp³-hybridized carbons (Fsp3) is 0.333. The number of halogens is 2. The summed E-state index contributed by atoms with van der Waals surface area (Å²) < 4.78 is 0.756. The number of carbonyl (C=O) groups excluding carboxylic acids is 1. The quantitative estimate of drug-likeness (QED) is 0.906. The number of benzene rings is 1. The minimum Gasteiger partial charge on any atom is -0.481 e. The third-order valence-electron chi connectivity index (χ3n) is 3.00. The van der Waals surface area contributed by atoms with E-state index in [2.05, 4.69) is 15.9 Å². The number of carbonyl (C=O) groups is 2. The van der Waals surface area contributed by atoms with Gasteiger partial charge in [-0.25, -0.2) is 0 Å². The van der Waals surface area contributed by atoms with Crippen LogP contribution in [0.3, 0.4) is 0 Å². The average molecular weight is 333 g/mol. The van der Waals surface area contributed by atoms with Gasteiger partial charge >= 0.3 is 5.97 Å². The van der Waals surface area contributed by atoms with Gasteiger partial charge in [-0.2, -0.15) is 0 Å². The highest BCUT2D eigenvalue weighted by molar-refractivity contribution is 9.10. The molecule has 1 heterocycles. The summed E-state index contributed by atoms with van der Waals surface area (Å²) in [6, 6.07) is 3.50. The first-order valence-electron chi connectivity index (χ1n) is 5.39. The largest absolute Gasteiger partial charge is 0.481 e. The molecule has 1 atom stereocenters. The molecule has 0 spiro atoms. The van der Waals surface area contributed by atoms with Crippen LogP contribution < -0.4 is 4.90 Å². The molecule has 1 aliphatic heterocycles. The molecule has 1 saturated heterocycles. The Morgan fingerprint density at radius 2 is 2.22 bits per heavy atom. The Morgan fingerprint density at radius 3 is 2.78 bits per heavy atom. The molecule has 18 heavy (non-hydrogen) atoms. The van der Waals surface area contributed by atoms with Crippen molar-refractivity contribution in [3.8, 4) is 0 Å². The summed E-state index contributed by atoms with van der Waals surface area (Å²) in [6.45, 7) is 2.06. The second-order valence-electron chi connectivity index (χ2n) is 4.30. The summed E-state index contributed by atoms with van der Waals surface area (Å²) in [4.78, 5) is 24.3. The Balaban J connectivity index is 2.35. The summed E-state index contributed by atoms with van der Waals surface area (Å²) in [5.74, 6) is -1.75. The van der Waals surface area contributed by atoms with Crippen molar-refractivity contribution < 1.29 is 14.7 Å². The van der Waals surface area contributed by atoms with E-state index in [0.717, 1.165) is 10.0 Å². The van der Waals surface area contributed by atoms with Gasteiger partial charge in [-0.15, -0.1) is 0 Å². The Kier molecular flexibility index (Phi) is 3.64. The van der Waals surface area contributed by atoms with Crippen molar-refractivity contribution in [2.45, 2.75) is 13.3 Å². The minimum atomic E-state index is -0.938. The Morgan fingerprint density at radius 1 is 1.56 bits per heavy atom. The lowest BCUT2D eigenvalue weighted by Crippen LogP contribution is -2.26. The van der Waals surface area contributed by atoms with E-state index in [1.807, 2.05) is 13.0 Å². The molecule has 1 amide bonds. The highest BCUT2D eigenvalue weighted by Gasteiger charge is 2.35. The first kappa shape index (κ1) is 13.4. The fourth-order valence-electron chi connectivity index (χ4n) is 2.03. The van der Waals surface area contributed by atoms with Crippen molar-refractivity contribution in [3.63, 3.8) is 0 Å². The standard InChI is InChI=1S/C12H11BrClNO3/c1-6-2-8(13)9(14)4-10(6)15-5-7(12(17)18)3-11(15)16/h2,4,7H,3,5H2,1H3,(H,17,18). The number of nitrogens with zero attached hydrogens (tertiary/aromatic N) is 1. The molecule has 4 nitrogen and oxygen atoms in total. The smallest absolute Gasteiger partial charge is 0.308 e. The zero-order valence-corrected chi connectivity index (χ0v) is 12.0. The number of anilines is 1. The number of aliphatic carboxylic acids is 1. The van der Waals surface area contributed by atoms with Crippen LogP contribution in [0.5, 0.6) is 0 Å². The van der Waals surface area contributed by atoms with Crippen LogP contribution >= 0.6 is 27.5 Å². The van der Waals surface area contributed by atoms with Crippen LogP contribution in [0.4, 0.5) is 5.69 Å². The molecule has 1 fully saturated rings. The topological polar surface area (TPSA) is 57.6 Å². The lowest BCUT2D eigenvalue weighted by molar-refractivity contribution is -0.141. The molecule has 96 valence electrons. The maximum absolute atomic E-state index is 11.8. The number of hydrogen-bond acceptors (Lipinski definition) is 2. The molecule has 0 saturated carbocycles. The highest BCUT2D eigenvalue weighted by Crippen LogP contribution is 2.34. The molecule has 0 bridgehead atoms. The maximum Gasteiger partial charge on any atom is 0.308 e. The molecule has 2 rings (SSSR count). The van der Waals surface area contributed by atoms with Crippen molar-refractivity contribution in [1.29, 1.82) is 0 Å². The third kappa shape index (κ3) is 2.37. The van der Waals surface area contributed by atoms with Crippen LogP contribution in [0.2, 0.25) is 5.02 Å². The van der Waals surface area contributed by atoms with E-state index in [1.54, 1.807) is 6.07 Å². The first-order chi connectivity index (χ1) is 8.40. The van der Waals surface area contributed by atoms with Gasteiger partial charge in [-0.3, -0.25) is 9.59 Å². The number of amides is 1. The maximum atomic E-state index is 11.8. The molecular weight excluding hydrogens is 321 g/mol. The molecule has 1 aromatic rings. The number of hydrogen-bond donors (Lipinski definition) is 1. The van der Waals surface area contributed by atoms with Crippen molar-refractivity contribution in [2.75, 3.05) is 11.4 Å². The van der Waals surface area contributed by atoms with Gasteiger partial charge in [-0.05, 0) is 40.5 Å². The zero-order valence-electron chi connectivity index (χ0n) is 9.61. The predicted octanol–water partition coefficient (Wildman–Crippen LogP) is 2.85. The summed E-state index contributed by atoms with van der Waals surface area (Å²) in [5, 5.41) is 9.45. The second kappa shape index (κ2) is 4.90. The van der Waals surface area contributed by atoms with E-state index in [4.69, 9.17) is 16.7 Å². The van der Waals surface area contributed by atoms with Crippen LogP contribution in [0.15, 0.2) is 16.6 Å². The summed E-state index contributed by atoms with van der Waals surface area (Å²) >= 11 is 9.32. The van der Waals surface area contributed by atoms with Crippen molar-refractivity contribution >= 4 is 45.1 Å². The van der Waals surface area contributed by atoms with Crippen LogP contribution in [0, 0.1) is 12.8 Å². The van der Waals surface area contributed by atoms with Gasteiger partial charge in [0.15, 0.2) is 0 Å². The van der Waals surface area contributed by atoms with E-state index in [9.17, 15) is 9.59 Å². The molecule has 0 aliphatic carbocycles. The summed E-state index contributed by atoms with van der Waals surface area (Å²) in [7, 11) is 0. The molecule has 1 aliphatic rings. The zero-order chi connectivity index (χ0) is 13.4. The van der Waals surface area contributed by atoms with Gasteiger partial charge < -0.3 is 10.0 Å². The highest BCUT2D eigenvalue weighted by atomic mass is 79.9. The SMILES string of the molecule is Cc1cc(Br)c(Cl)cc1N1CC(C(=O)O)CC1=O. The monoisotopic (exact) mass is 331 g/mol. The van der Waals surface area contributed by atoms with Gasteiger partial charge in [0.25, 0.3) is 0 Å². The van der Waals surface area contributed by atoms with Gasteiger partial charge in [0.2, 0.25) is 5.91 Å². The molecule has 1 N–H and O–H groups in total. The van der Waals surface area contributed by atoms with Crippen molar-refractivity contribution in [3.05, 3.63) is 27.2 Å². The van der Waals surface area contributed by atoms with Crippen LogP contribution in [0.1, 0.15) is 12.0 Å². The molecule has 0 aromatic heterocycles. The van der Waals surface area contributed by atoms with E-state index < -0.39 is 11.9 Å². The number of rotatable bonds is 2. The van der Waals surface area contributed by atoms with Crippen molar-refractivity contribution in [2.24, 2.45) is 5.92 Å². The lowest BCUT2D eigenvalue weighted by Gasteiger charge is -2.19. The normalized spacial score (nSPS) is 19.4. The number of aryl methyl sites for hydroxylation is 1.